The molecule has 9 heteroatoms. The van der Waals surface area contributed by atoms with E-state index in [4.69, 9.17) is 4.74 Å². The van der Waals surface area contributed by atoms with Crippen LogP contribution in [-0.2, 0) is 11.3 Å². The van der Waals surface area contributed by atoms with Crippen molar-refractivity contribution in [3.8, 4) is 0 Å². The minimum absolute atomic E-state index is 0. The monoisotopic (exact) mass is 530 g/mol. The Labute approximate surface area is 196 Å². The molecule has 0 saturated carbocycles. The van der Waals surface area contributed by atoms with Crippen LogP contribution in [0.3, 0.4) is 0 Å². The minimum Gasteiger partial charge on any atom is -0.444 e. The van der Waals surface area contributed by atoms with Crippen molar-refractivity contribution in [2.75, 3.05) is 26.2 Å². The second-order valence-corrected chi connectivity index (χ2v) is 7.77. The summed E-state index contributed by atoms with van der Waals surface area (Å²) in [5.41, 5.74) is 1.67. The molecule has 1 aromatic heterocycles. The number of benzene rings is 1. The smallest absolute Gasteiger partial charge is 0.407 e. The Morgan fingerprint density at radius 3 is 2.60 bits per heavy atom. The second kappa shape index (κ2) is 12.6. The van der Waals surface area contributed by atoms with Gasteiger partial charge in [0.1, 0.15) is 11.4 Å². The number of carbonyl (C=O) groups excluding carboxylic acids is 1. The van der Waals surface area contributed by atoms with E-state index in [1.165, 1.54) is 0 Å². The number of hydrogen-bond donors (Lipinski definition) is 3. The van der Waals surface area contributed by atoms with Crippen molar-refractivity contribution in [2.24, 2.45) is 4.99 Å². The summed E-state index contributed by atoms with van der Waals surface area (Å²) in [6, 6.07) is 8.16. The number of fused-ring (bicyclic) bond motifs is 1. The maximum atomic E-state index is 11.6. The molecule has 168 valence electrons. The first-order valence-corrected chi connectivity index (χ1v) is 10.2. The number of carbonyl (C=O) groups is 1. The van der Waals surface area contributed by atoms with Crippen LogP contribution in [0.1, 0.15) is 39.9 Å². The van der Waals surface area contributed by atoms with Crippen molar-refractivity contribution in [1.82, 2.24) is 25.5 Å². The molecule has 0 saturated heterocycles. The summed E-state index contributed by atoms with van der Waals surface area (Å²) >= 11 is 0. The van der Waals surface area contributed by atoms with Gasteiger partial charge in [0.15, 0.2) is 5.96 Å². The molecule has 8 nitrogen and oxygen atoms in total. The van der Waals surface area contributed by atoms with Gasteiger partial charge in [-0.3, -0.25) is 4.99 Å². The fraction of sp³-hybridized carbons (Fsp3) is 0.571. The number of alkyl carbamates (subject to hydrolysis) is 1. The van der Waals surface area contributed by atoms with Crippen LogP contribution in [0.4, 0.5) is 4.79 Å². The maximum absolute atomic E-state index is 11.6. The molecule has 2 rings (SSSR count). The van der Waals surface area contributed by atoms with Gasteiger partial charge in [-0.2, -0.15) is 0 Å². The van der Waals surface area contributed by atoms with Gasteiger partial charge in [0.05, 0.1) is 11.0 Å². The molecule has 0 unspecified atom stereocenters. The standard InChI is InChI=1S/C21H34N6O2.HI/c1-6-22-19(23-12-9-13-25-20(28)29-21(3,4)5)24-14-15-27-16(2)26-17-10-7-8-11-18(17)27;/h7-8,10-11H,6,9,12-15H2,1-5H3,(H,25,28)(H2,22,23,24);1H. The third kappa shape index (κ3) is 8.76. The minimum atomic E-state index is -0.483. The Kier molecular flexibility index (Phi) is 10.9. The topological polar surface area (TPSA) is 92.6 Å². The fourth-order valence-corrected chi connectivity index (χ4v) is 2.88. The van der Waals surface area contributed by atoms with Gasteiger partial charge in [-0.05, 0) is 53.2 Å². The van der Waals surface area contributed by atoms with Crippen LogP contribution in [0.25, 0.3) is 11.0 Å². The van der Waals surface area contributed by atoms with Gasteiger partial charge in [0.25, 0.3) is 0 Å². The van der Waals surface area contributed by atoms with Crippen LogP contribution in [0.5, 0.6) is 0 Å². The van der Waals surface area contributed by atoms with Gasteiger partial charge in [-0.1, -0.05) is 12.1 Å². The summed E-state index contributed by atoms with van der Waals surface area (Å²) in [4.78, 5) is 20.8. The summed E-state index contributed by atoms with van der Waals surface area (Å²) in [5, 5.41) is 9.36. The van der Waals surface area contributed by atoms with Gasteiger partial charge >= 0.3 is 6.09 Å². The van der Waals surface area contributed by atoms with Crippen molar-refractivity contribution in [3.05, 3.63) is 30.1 Å². The molecule has 1 heterocycles. The van der Waals surface area contributed by atoms with Crippen molar-refractivity contribution in [1.29, 1.82) is 0 Å². The van der Waals surface area contributed by atoms with E-state index in [9.17, 15) is 4.79 Å². The Balaban J connectivity index is 0.00000450. The molecule has 0 aliphatic rings. The molecule has 30 heavy (non-hydrogen) atoms. The van der Waals surface area contributed by atoms with Crippen LogP contribution in [0.2, 0.25) is 0 Å². The first-order chi connectivity index (χ1) is 13.8. The number of ether oxygens (including phenoxy) is 1. The lowest BCUT2D eigenvalue weighted by molar-refractivity contribution is 0.0527. The van der Waals surface area contributed by atoms with E-state index < -0.39 is 11.7 Å². The van der Waals surface area contributed by atoms with Gasteiger partial charge in [0.2, 0.25) is 0 Å². The normalized spacial score (nSPS) is 11.7. The number of rotatable bonds is 8. The van der Waals surface area contributed by atoms with E-state index in [2.05, 4.69) is 36.6 Å². The van der Waals surface area contributed by atoms with Gasteiger partial charge < -0.3 is 25.3 Å². The summed E-state index contributed by atoms with van der Waals surface area (Å²) in [6.07, 6.45) is 0.343. The SMILES string of the molecule is CCNC(=NCCCNC(=O)OC(C)(C)C)NCCn1c(C)nc2ccccc21.I. The van der Waals surface area contributed by atoms with Gasteiger partial charge in [-0.15, -0.1) is 24.0 Å². The molecule has 1 amide bonds. The largest absolute Gasteiger partial charge is 0.444 e. The lowest BCUT2D eigenvalue weighted by atomic mass is 10.2. The lowest BCUT2D eigenvalue weighted by Crippen LogP contribution is -2.39. The zero-order valence-corrected chi connectivity index (χ0v) is 20.9. The first kappa shape index (κ1) is 26.0. The summed E-state index contributed by atoms with van der Waals surface area (Å²) < 4.78 is 7.42. The number of imidazole rings is 1. The highest BCUT2D eigenvalue weighted by Crippen LogP contribution is 2.14. The molecule has 0 atom stereocenters. The number of para-hydroxylation sites is 2. The van der Waals surface area contributed by atoms with E-state index in [-0.39, 0.29) is 24.0 Å². The number of halogens is 1. The predicted octanol–water partition coefficient (Wildman–Crippen LogP) is 3.43. The molecule has 0 bridgehead atoms. The number of hydrogen-bond acceptors (Lipinski definition) is 4. The highest BCUT2D eigenvalue weighted by molar-refractivity contribution is 14.0. The molecule has 0 spiro atoms. The van der Waals surface area contributed by atoms with Crippen LogP contribution < -0.4 is 16.0 Å². The van der Waals surface area contributed by atoms with Crippen LogP contribution in [0.15, 0.2) is 29.3 Å². The highest BCUT2D eigenvalue weighted by atomic mass is 127. The molecule has 0 aliphatic carbocycles. The highest BCUT2D eigenvalue weighted by Gasteiger charge is 2.15. The third-order valence-electron chi connectivity index (χ3n) is 4.09. The Hall–Kier alpha value is -2.04. The molecular weight excluding hydrogens is 495 g/mol. The number of amides is 1. The summed E-state index contributed by atoms with van der Waals surface area (Å²) in [7, 11) is 0. The van der Waals surface area contributed by atoms with Gasteiger partial charge in [0, 0.05) is 32.7 Å². The Bertz CT molecular complexity index is 829. The maximum Gasteiger partial charge on any atom is 0.407 e. The molecule has 0 radical (unpaired) electrons. The number of nitrogens with one attached hydrogen (secondary N) is 3. The van der Waals surface area contributed by atoms with Crippen LogP contribution >= 0.6 is 24.0 Å². The van der Waals surface area contributed by atoms with Crippen molar-refractivity contribution < 1.29 is 9.53 Å². The van der Waals surface area contributed by atoms with Crippen LogP contribution in [-0.4, -0.2) is 53.4 Å². The van der Waals surface area contributed by atoms with E-state index >= 15 is 0 Å². The van der Waals surface area contributed by atoms with Crippen molar-refractivity contribution in [2.45, 2.75) is 53.2 Å². The average Bonchev–Trinajstić information content (AvgIpc) is 2.95. The lowest BCUT2D eigenvalue weighted by Gasteiger charge is -2.19. The average molecular weight is 530 g/mol. The number of aromatic nitrogens is 2. The zero-order valence-electron chi connectivity index (χ0n) is 18.6. The fourth-order valence-electron chi connectivity index (χ4n) is 2.88. The zero-order chi connectivity index (χ0) is 21.3. The quantitative estimate of drug-likeness (QED) is 0.211. The van der Waals surface area contributed by atoms with E-state index in [1.807, 2.05) is 52.8 Å². The van der Waals surface area contributed by atoms with Crippen molar-refractivity contribution >= 4 is 47.1 Å². The number of aryl methyl sites for hydroxylation is 1. The predicted molar refractivity (Wildman–Crippen MR) is 133 cm³/mol. The van der Waals surface area contributed by atoms with Crippen molar-refractivity contribution in [3.63, 3.8) is 0 Å². The Morgan fingerprint density at radius 1 is 1.17 bits per heavy atom. The molecule has 2 aromatic rings. The first-order valence-electron chi connectivity index (χ1n) is 10.2. The van der Waals surface area contributed by atoms with E-state index in [0.717, 1.165) is 48.9 Å². The molecule has 0 aliphatic heterocycles. The number of guanidine groups is 1. The number of aliphatic imine (C=N–C) groups is 1. The Morgan fingerprint density at radius 2 is 1.90 bits per heavy atom. The van der Waals surface area contributed by atoms with E-state index in [1.54, 1.807) is 0 Å². The third-order valence-corrected chi connectivity index (χ3v) is 4.09. The second-order valence-electron chi connectivity index (χ2n) is 7.77. The molecule has 1 aromatic carbocycles. The summed E-state index contributed by atoms with van der Waals surface area (Å²) in [6.45, 7) is 13.1. The van der Waals surface area contributed by atoms with E-state index in [0.29, 0.717) is 13.1 Å². The van der Waals surface area contributed by atoms with Crippen LogP contribution in [0, 0.1) is 6.92 Å². The summed E-state index contributed by atoms with van der Waals surface area (Å²) in [5.74, 6) is 1.77. The van der Waals surface area contributed by atoms with Gasteiger partial charge in [-0.25, -0.2) is 9.78 Å². The number of nitrogens with zero attached hydrogens (tertiary/aromatic N) is 3. The molecule has 0 fully saturated rings. The molecular formula is C21H35IN6O2. The molecule has 3 N–H and O–H groups in total.